The van der Waals surface area contributed by atoms with Crippen LogP contribution in [-0.4, -0.2) is 29.7 Å². The van der Waals surface area contributed by atoms with Gasteiger partial charge in [0.15, 0.2) is 5.79 Å². The van der Waals surface area contributed by atoms with Crippen molar-refractivity contribution in [3.8, 4) is 0 Å². The monoisotopic (exact) mass is 463 g/mol. The summed E-state index contributed by atoms with van der Waals surface area (Å²) in [6.45, 7) is 10.4. The van der Waals surface area contributed by atoms with Gasteiger partial charge in [0, 0.05) is 10.5 Å². The van der Waals surface area contributed by atoms with E-state index >= 15 is 0 Å². The Bertz CT molecular complexity index is 808. The molecule has 0 radical (unpaired) electrons. The maximum atomic E-state index is 11.7. The van der Waals surface area contributed by atoms with Crippen molar-refractivity contribution in [3.63, 3.8) is 0 Å². The predicted molar refractivity (Wildman–Crippen MR) is 134 cm³/mol. The second-order valence-electron chi connectivity index (χ2n) is 13.9. The molecule has 0 unspecified atom stereocenters. The van der Waals surface area contributed by atoms with E-state index in [-0.39, 0.29) is 17.8 Å². The van der Waals surface area contributed by atoms with E-state index in [1.165, 1.54) is 51.4 Å². The first kappa shape index (κ1) is 21.0. The predicted octanol–water partition coefficient (Wildman–Crippen LogP) is 7.21. The van der Waals surface area contributed by atoms with Crippen molar-refractivity contribution in [1.82, 2.24) is 0 Å². The molecule has 5 rings (SSSR count). The SMILES string of the molecule is [2H]C([2H])([2H])[C@@]1(O)C[C@@H]2CC[C@@H]3[C@H](CC[C@]4(C)[C@@H]([C@H](C)CCCC(C)C)CC[C@@H]34)[C@@]2(C)CC12OCCO2. The lowest BCUT2D eigenvalue weighted by Crippen LogP contribution is -2.65. The molecule has 0 bridgehead atoms. The molecule has 3 heteroatoms. The summed E-state index contributed by atoms with van der Waals surface area (Å²) in [7, 11) is 0. The highest BCUT2D eigenvalue weighted by Gasteiger charge is 2.67. The zero-order valence-electron chi connectivity index (χ0n) is 25.0. The van der Waals surface area contributed by atoms with Gasteiger partial charge in [-0.05, 0) is 104 Å². The molecule has 3 nitrogen and oxygen atoms in total. The Morgan fingerprint density at radius 3 is 2.36 bits per heavy atom. The fourth-order valence-corrected chi connectivity index (χ4v) is 10.1. The van der Waals surface area contributed by atoms with Crippen LogP contribution in [0.5, 0.6) is 0 Å². The third-order valence-corrected chi connectivity index (χ3v) is 11.8. The molecule has 0 aromatic carbocycles. The summed E-state index contributed by atoms with van der Waals surface area (Å²) < 4.78 is 36.9. The van der Waals surface area contributed by atoms with Crippen LogP contribution in [0.25, 0.3) is 0 Å². The van der Waals surface area contributed by atoms with Crippen LogP contribution in [0.3, 0.4) is 0 Å². The van der Waals surface area contributed by atoms with Gasteiger partial charge in [0.2, 0.25) is 0 Å². The maximum Gasteiger partial charge on any atom is 0.197 e. The summed E-state index contributed by atoms with van der Waals surface area (Å²) in [6, 6.07) is 0. The van der Waals surface area contributed by atoms with Crippen molar-refractivity contribution in [2.45, 2.75) is 123 Å². The van der Waals surface area contributed by atoms with Gasteiger partial charge in [-0.1, -0.05) is 53.9 Å². The van der Waals surface area contributed by atoms with Crippen LogP contribution in [0.1, 0.15) is 116 Å². The van der Waals surface area contributed by atoms with Gasteiger partial charge in [-0.2, -0.15) is 0 Å². The maximum absolute atomic E-state index is 11.7. The minimum Gasteiger partial charge on any atom is -0.385 e. The van der Waals surface area contributed by atoms with E-state index in [9.17, 15) is 5.11 Å². The third kappa shape index (κ3) is 3.77. The summed E-state index contributed by atoms with van der Waals surface area (Å²) in [6.07, 6.45) is 12.3. The largest absolute Gasteiger partial charge is 0.385 e. The van der Waals surface area contributed by atoms with E-state index in [1.54, 1.807) is 0 Å². The van der Waals surface area contributed by atoms with Crippen molar-refractivity contribution < 1.29 is 18.7 Å². The molecule has 1 aliphatic heterocycles. The molecule has 4 aliphatic carbocycles. The van der Waals surface area contributed by atoms with Gasteiger partial charge in [-0.25, -0.2) is 0 Å². The van der Waals surface area contributed by atoms with Gasteiger partial charge in [0.25, 0.3) is 0 Å². The van der Waals surface area contributed by atoms with Crippen LogP contribution in [0.15, 0.2) is 0 Å². The van der Waals surface area contributed by atoms with Crippen LogP contribution >= 0.6 is 0 Å². The number of fused-ring (bicyclic) bond motifs is 5. The van der Waals surface area contributed by atoms with Gasteiger partial charge in [0.1, 0.15) is 5.60 Å². The highest BCUT2D eigenvalue weighted by Crippen LogP contribution is 2.70. The fourth-order valence-electron chi connectivity index (χ4n) is 10.1. The fraction of sp³-hybridized carbons (Fsp3) is 1.00. The van der Waals surface area contributed by atoms with Gasteiger partial charge < -0.3 is 14.6 Å². The molecule has 0 aromatic heterocycles. The van der Waals surface area contributed by atoms with Gasteiger partial charge in [0.05, 0.1) is 13.2 Å². The van der Waals surface area contributed by atoms with Gasteiger partial charge in [-0.15, -0.1) is 0 Å². The Morgan fingerprint density at radius 2 is 1.67 bits per heavy atom. The van der Waals surface area contributed by atoms with Crippen LogP contribution in [0.4, 0.5) is 0 Å². The second-order valence-corrected chi connectivity index (χ2v) is 13.9. The Balaban J connectivity index is 1.37. The molecule has 4 saturated carbocycles. The molecular formula is C30H52O3. The van der Waals surface area contributed by atoms with Crippen LogP contribution in [0, 0.1) is 52.3 Å². The van der Waals surface area contributed by atoms with Crippen molar-refractivity contribution in [3.05, 3.63) is 0 Å². The van der Waals surface area contributed by atoms with Crippen molar-refractivity contribution in [2.75, 3.05) is 13.2 Å². The van der Waals surface area contributed by atoms with Gasteiger partial charge in [-0.3, -0.25) is 0 Å². The van der Waals surface area contributed by atoms with Crippen LogP contribution in [0.2, 0.25) is 0 Å². The Hall–Kier alpha value is -0.120. The molecule has 190 valence electrons. The molecule has 1 spiro atoms. The minimum absolute atomic E-state index is 0.0486. The van der Waals surface area contributed by atoms with Crippen molar-refractivity contribution in [2.24, 2.45) is 52.3 Å². The average molecular weight is 464 g/mol. The molecule has 33 heavy (non-hydrogen) atoms. The Kier molecular flexibility index (Phi) is 5.40. The Labute approximate surface area is 208 Å². The molecule has 0 amide bonds. The molecule has 1 heterocycles. The van der Waals surface area contributed by atoms with Crippen LogP contribution < -0.4 is 0 Å². The zero-order valence-corrected chi connectivity index (χ0v) is 22.0. The summed E-state index contributed by atoms with van der Waals surface area (Å²) in [5.41, 5.74) is -1.54. The average Bonchev–Trinajstić information content (AvgIpc) is 3.38. The highest BCUT2D eigenvalue weighted by molar-refractivity contribution is 5.14. The number of aliphatic hydroxyl groups is 1. The number of rotatable bonds is 5. The smallest absolute Gasteiger partial charge is 0.197 e. The highest BCUT2D eigenvalue weighted by atomic mass is 16.7. The number of hydrogen-bond acceptors (Lipinski definition) is 3. The van der Waals surface area contributed by atoms with E-state index in [2.05, 4.69) is 34.6 Å². The number of hydrogen-bond donors (Lipinski definition) is 1. The summed E-state index contributed by atoms with van der Waals surface area (Å²) >= 11 is 0. The minimum atomic E-state index is -2.52. The summed E-state index contributed by atoms with van der Waals surface area (Å²) in [5.74, 6) is 3.29. The normalized spacial score (nSPS) is 51.4. The van der Waals surface area contributed by atoms with E-state index in [0.717, 1.165) is 30.1 Å². The van der Waals surface area contributed by atoms with E-state index in [0.29, 0.717) is 36.9 Å². The van der Waals surface area contributed by atoms with E-state index in [1.807, 2.05) is 0 Å². The second kappa shape index (κ2) is 8.48. The van der Waals surface area contributed by atoms with Crippen molar-refractivity contribution in [1.29, 1.82) is 0 Å². The van der Waals surface area contributed by atoms with Crippen molar-refractivity contribution >= 4 is 0 Å². The van der Waals surface area contributed by atoms with Gasteiger partial charge >= 0.3 is 0 Å². The lowest BCUT2D eigenvalue weighted by atomic mass is 9.43. The molecule has 0 aromatic rings. The number of ether oxygens (including phenoxy) is 2. The first-order valence-corrected chi connectivity index (χ1v) is 14.3. The summed E-state index contributed by atoms with van der Waals surface area (Å²) in [5, 5.41) is 11.7. The zero-order chi connectivity index (χ0) is 26.1. The third-order valence-electron chi connectivity index (χ3n) is 11.8. The first-order valence-electron chi connectivity index (χ1n) is 15.8. The molecular weight excluding hydrogens is 408 g/mol. The lowest BCUT2D eigenvalue weighted by molar-refractivity contribution is -0.321. The topological polar surface area (TPSA) is 38.7 Å². The molecule has 5 aliphatic rings. The van der Waals surface area contributed by atoms with Crippen LogP contribution in [-0.2, 0) is 9.47 Å². The molecule has 9 atom stereocenters. The Morgan fingerprint density at radius 1 is 0.939 bits per heavy atom. The van der Waals surface area contributed by atoms with E-state index in [4.69, 9.17) is 13.6 Å². The summed E-state index contributed by atoms with van der Waals surface area (Å²) in [4.78, 5) is 0. The van der Waals surface area contributed by atoms with E-state index < -0.39 is 18.2 Å². The standard InChI is InChI=1S/C30H52O3/c1-20(2)8-7-9-21(3)24-12-13-25-23-11-10-22-18-29(6,31)30(32-16-17-33-30)19-28(22,5)26(23)14-15-27(24,25)4/h20-26,31H,7-19H2,1-6H3/t21-,22+,23+,24-,25+,26+,27-,28+,29-/m1/s1/i6D3. The molecule has 1 N–H and O–H groups in total. The quantitative estimate of drug-likeness (QED) is 0.468. The first-order chi connectivity index (χ1) is 16.8. The molecule has 5 fully saturated rings. The molecule has 1 saturated heterocycles. The lowest BCUT2D eigenvalue weighted by Gasteiger charge is -2.64.